The lowest BCUT2D eigenvalue weighted by molar-refractivity contribution is -0.769. The quantitative estimate of drug-likeness (QED) is 0.556. The highest BCUT2D eigenvalue weighted by Crippen LogP contribution is 2.35. The second kappa shape index (κ2) is 6.40. The van der Waals surface area contributed by atoms with Gasteiger partial charge in [0, 0.05) is 12.0 Å². The Hall–Kier alpha value is -2.06. The van der Waals surface area contributed by atoms with Crippen molar-refractivity contribution < 1.29 is 29.6 Å². The largest absolute Gasteiger partial charge is 0.487 e. The summed E-state index contributed by atoms with van der Waals surface area (Å²) >= 11 is 0. The molecule has 1 aromatic carbocycles. The number of benzene rings is 1. The van der Waals surface area contributed by atoms with Crippen molar-refractivity contribution in [3.05, 3.63) is 33.9 Å². The van der Waals surface area contributed by atoms with Crippen LogP contribution in [0.15, 0.2) is 18.2 Å². The van der Waals surface area contributed by atoms with Gasteiger partial charge in [-0.1, -0.05) is 12.1 Å². The fourth-order valence-corrected chi connectivity index (χ4v) is 1.91. The molecule has 0 amide bonds. The summed E-state index contributed by atoms with van der Waals surface area (Å²) in [5.41, 5.74) is 0.735. The summed E-state index contributed by atoms with van der Waals surface area (Å²) in [4.78, 5) is 14.8. The molecule has 1 heterocycles. The van der Waals surface area contributed by atoms with Crippen LogP contribution in [0.4, 0.5) is 0 Å². The fourth-order valence-electron chi connectivity index (χ4n) is 1.91. The van der Waals surface area contributed by atoms with Crippen LogP contribution in [-0.4, -0.2) is 47.3 Å². The van der Waals surface area contributed by atoms with E-state index < -0.39 is 23.9 Å². The van der Waals surface area contributed by atoms with E-state index in [9.17, 15) is 15.2 Å². The monoisotopic (exact) mass is 285 g/mol. The highest BCUT2D eigenvalue weighted by atomic mass is 17.0. The molecule has 0 spiro atoms. The van der Waals surface area contributed by atoms with Gasteiger partial charge in [-0.2, -0.15) is 0 Å². The summed E-state index contributed by atoms with van der Waals surface area (Å²) in [6, 6.07) is 5.15. The Morgan fingerprint density at radius 2 is 2.35 bits per heavy atom. The van der Waals surface area contributed by atoms with E-state index in [1.54, 1.807) is 18.2 Å². The molecule has 1 aliphatic rings. The van der Waals surface area contributed by atoms with E-state index in [-0.39, 0.29) is 13.2 Å². The van der Waals surface area contributed by atoms with Crippen LogP contribution in [0.2, 0.25) is 0 Å². The first kappa shape index (κ1) is 14.4. The number of hydrogen-bond donors (Lipinski definition) is 2. The Morgan fingerprint density at radius 3 is 3.05 bits per heavy atom. The number of aliphatic hydroxyl groups is 2. The lowest BCUT2D eigenvalue weighted by atomic mass is 10.0. The zero-order valence-electron chi connectivity index (χ0n) is 10.6. The molecule has 20 heavy (non-hydrogen) atoms. The van der Waals surface area contributed by atoms with Gasteiger partial charge in [-0.15, -0.1) is 10.1 Å². The first-order valence-corrected chi connectivity index (χ1v) is 6.07. The number of para-hydroxylation sites is 1. The summed E-state index contributed by atoms with van der Waals surface area (Å²) < 4.78 is 10.8. The van der Waals surface area contributed by atoms with Crippen molar-refractivity contribution in [2.24, 2.45) is 0 Å². The predicted octanol–water partition coefficient (Wildman–Crippen LogP) is -0.0696. The van der Waals surface area contributed by atoms with Gasteiger partial charge in [-0.05, 0) is 6.07 Å². The predicted molar refractivity (Wildman–Crippen MR) is 66.1 cm³/mol. The van der Waals surface area contributed by atoms with Crippen LogP contribution < -0.4 is 9.47 Å². The molecule has 0 saturated carbocycles. The Morgan fingerprint density at radius 1 is 1.55 bits per heavy atom. The van der Waals surface area contributed by atoms with Crippen LogP contribution in [0.3, 0.4) is 0 Å². The van der Waals surface area contributed by atoms with Crippen LogP contribution in [0.5, 0.6) is 11.5 Å². The SMILES string of the molecule is O=[N+]([O-])OC1COc2c(cccc2OCC(O)CO)C1. The molecule has 2 unspecified atom stereocenters. The van der Waals surface area contributed by atoms with Gasteiger partial charge in [0.2, 0.25) is 0 Å². The average molecular weight is 285 g/mol. The molecule has 0 saturated heterocycles. The summed E-state index contributed by atoms with van der Waals surface area (Å²) in [6.45, 7) is -0.406. The molecule has 0 aromatic heterocycles. The molecule has 0 fully saturated rings. The van der Waals surface area contributed by atoms with Gasteiger partial charge in [0.15, 0.2) is 11.5 Å². The topological polar surface area (TPSA) is 111 Å². The van der Waals surface area contributed by atoms with Crippen molar-refractivity contribution in [1.29, 1.82) is 0 Å². The van der Waals surface area contributed by atoms with E-state index in [0.717, 1.165) is 5.56 Å². The van der Waals surface area contributed by atoms with E-state index in [1.165, 1.54) is 0 Å². The van der Waals surface area contributed by atoms with E-state index in [2.05, 4.69) is 4.84 Å². The molecule has 0 radical (unpaired) electrons. The van der Waals surface area contributed by atoms with Crippen LogP contribution in [0, 0.1) is 10.1 Å². The molecule has 1 aliphatic heterocycles. The molecule has 8 nitrogen and oxygen atoms in total. The number of aliphatic hydroxyl groups excluding tert-OH is 2. The molecule has 2 rings (SSSR count). The van der Waals surface area contributed by atoms with Crippen molar-refractivity contribution >= 4 is 0 Å². The molecule has 1 aromatic rings. The summed E-state index contributed by atoms with van der Waals surface area (Å²) in [6.07, 6.45) is -1.27. The fraction of sp³-hybridized carbons (Fsp3) is 0.500. The lowest BCUT2D eigenvalue weighted by Crippen LogP contribution is -2.31. The van der Waals surface area contributed by atoms with Crippen LogP contribution in [0.25, 0.3) is 0 Å². The number of ether oxygens (including phenoxy) is 2. The molecule has 0 bridgehead atoms. The van der Waals surface area contributed by atoms with Gasteiger partial charge in [0.05, 0.1) is 6.61 Å². The number of hydrogen-bond acceptors (Lipinski definition) is 7. The molecule has 110 valence electrons. The minimum absolute atomic E-state index is 0.0525. The van der Waals surface area contributed by atoms with Gasteiger partial charge in [0.1, 0.15) is 25.4 Å². The van der Waals surface area contributed by atoms with Crippen molar-refractivity contribution in [3.8, 4) is 11.5 Å². The minimum Gasteiger partial charge on any atom is -0.487 e. The van der Waals surface area contributed by atoms with Gasteiger partial charge in [0.25, 0.3) is 5.09 Å². The summed E-state index contributed by atoms with van der Waals surface area (Å²) in [5, 5.41) is 27.5. The minimum atomic E-state index is -0.972. The molecule has 2 N–H and O–H groups in total. The van der Waals surface area contributed by atoms with E-state index in [4.69, 9.17) is 14.6 Å². The van der Waals surface area contributed by atoms with Crippen LogP contribution in [-0.2, 0) is 11.3 Å². The van der Waals surface area contributed by atoms with Crippen molar-refractivity contribution in [2.75, 3.05) is 19.8 Å². The maximum Gasteiger partial charge on any atom is 0.294 e. The zero-order valence-corrected chi connectivity index (χ0v) is 10.6. The van der Waals surface area contributed by atoms with E-state index >= 15 is 0 Å². The Labute approximate surface area is 114 Å². The van der Waals surface area contributed by atoms with Gasteiger partial charge in [-0.25, -0.2) is 0 Å². The molecular weight excluding hydrogens is 270 g/mol. The van der Waals surface area contributed by atoms with Crippen LogP contribution >= 0.6 is 0 Å². The van der Waals surface area contributed by atoms with Crippen LogP contribution in [0.1, 0.15) is 5.56 Å². The second-order valence-electron chi connectivity index (χ2n) is 4.36. The molecular formula is C12H15NO7. The van der Waals surface area contributed by atoms with Gasteiger partial charge < -0.3 is 24.5 Å². The van der Waals surface area contributed by atoms with E-state index in [1.807, 2.05) is 0 Å². The lowest BCUT2D eigenvalue weighted by Gasteiger charge is -2.25. The summed E-state index contributed by atoms with van der Waals surface area (Å²) in [5.74, 6) is 0.912. The van der Waals surface area contributed by atoms with Crippen molar-refractivity contribution in [3.63, 3.8) is 0 Å². The first-order chi connectivity index (χ1) is 9.60. The van der Waals surface area contributed by atoms with Crippen molar-refractivity contribution in [1.82, 2.24) is 0 Å². The molecule has 8 heteroatoms. The van der Waals surface area contributed by atoms with E-state index in [0.29, 0.717) is 17.9 Å². The highest BCUT2D eigenvalue weighted by Gasteiger charge is 2.25. The first-order valence-electron chi connectivity index (χ1n) is 6.07. The third-order valence-electron chi connectivity index (χ3n) is 2.80. The maximum atomic E-state index is 10.3. The number of nitrogens with zero attached hydrogens (tertiary/aromatic N) is 1. The zero-order chi connectivity index (χ0) is 14.5. The third-order valence-corrected chi connectivity index (χ3v) is 2.80. The van der Waals surface area contributed by atoms with Gasteiger partial charge >= 0.3 is 0 Å². The Bertz CT molecular complexity index is 479. The number of fused-ring (bicyclic) bond motifs is 1. The second-order valence-corrected chi connectivity index (χ2v) is 4.36. The Kier molecular flexibility index (Phi) is 4.59. The smallest absolute Gasteiger partial charge is 0.294 e. The van der Waals surface area contributed by atoms with Crippen molar-refractivity contribution in [2.45, 2.75) is 18.6 Å². The average Bonchev–Trinajstić information content (AvgIpc) is 2.43. The Balaban J connectivity index is 2.06. The molecule has 0 aliphatic carbocycles. The third kappa shape index (κ3) is 3.49. The van der Waals surface area contributed by atoms with Gasteiger partial charge in [-0.3, -0.25) is 0 Å². The number of rotatable bonds is 6. The standard InChI is InChI=1S/C12H15NO7/c14-5-9(15)6-18-11-3-1-2-8-4-10(20-13(16)17)7-19-12(8)11/h1-3,9-10,14-15H,4-7H2. The normalized spacial score (nSPS) is 18.6. The molecule has 2 atom stereocenters. The highest BCUT2D eigenvalue weighted by molar-refractivity contribution is 5.48. The summed E-state index contributed by atoms with van der Waals surface area (Å²) in [7, 11) is 0. The maximum absolute atomic E-state index is 10.3.